The van der Waals surface area contributed by atoms with Crippen molar-refractivity contribution < 1.29 is 4.79 Å². The normalized spacial score (nSPS) is 21.4. The summed E-state index contributed by atoms with van der Waals surface area (Å²) in [6.07, 6.45) is 3.84. The summed E-state index contributed by atoms with van der Waals surface area (Å²) in [5.41, 5.74) is 0. The number of nitrogens with one attached hydrogen (secondary N) is 1. The molecule has 0 spiro atoms. The van der Waals surface area contributed by atoms with Gasteiger partial charge in [0.05, 0.1) is 12.1 Å². The first-order valence-electron chi connectivity index (χ1n) is 7.04. The molecule has 2 rings (SSSR count). The van der Waals surface area contributed by atoms with Gasteiger partial charge in [-0.25, -0.2) is 4.98 Å². The van der Waals surface area contributed by atoms with Crippen LogP contribution in [0.4, 0.5) is 0 Å². The maximum atomic E-state index is 12.4. The van der Waals surface area contributed by atoms with E-state index in [1.54, 1.807) is 11.3 Å². The molecule has 1 aliphatic heterocycles. The lowest BCUT2D eigenvalue weighted by Crippen LogP contribution is -2.42. The van der Waals surface area contributed by atoms with E-state index in [0.717, 1.165) is 24.4 Å². The van der Waals surface area contributed by atoms with E-state index < -0.39 is 0 Å². The minimum atomic E-state index is -0.0203. The van der Waals surface area contributed by atoms with Crippen LogP contribution in [0.3, 0.4) is 0 Å². The lowest BCUT2D eigenvalue weighted by atomic mass is 10.2. The molecule has 1 aromatic heterocycles. The molecule has 2 heterocycles. The molecule has 19 heavy (non-hydrogen) atoms. The van der Waals surface area contributed by atoms with Gasteiger partial charge in [0.1, 0.15) is 5.01 Å². The fraction of sp³-hybridized carbons (Fsp3) is 0.714. The maximum absolute atomic E-state index is 12.4. The van der Waals surface area contributed by atoms with Crippen molar-refractivity contribution in [2.75, 3.05) is 6.54 Å². The van der Waals surface area contributed by atoms with E-state index >= 15 is 0 Å². The highest BCUT2D eigenvalue weighted by Crippen LogP contribution is 2.29. The zero-order valence-electron chi connectivity index (χ0n) is 12.1. The average molecular weight is 281 g/mol. The zero-order chi connectivity index (χ0) is 14.0. The third-order valence-electron chi connectivity index (χ3n) is 3.52. The average Bonchev–Trinajstić information content (AvgIpc) is 2.96. The first-order chi connectivity index (χ1) is 9.02. The van der Waals surface area contributed by atoms with E-state index in [1.807, 2.05) is 11.1 Å². The van der Waals surface area contributed by atoms with Gasteiger partial charge in [-0.1, -0.05) is 20.8 Å². The Balaban J connectivity index is 2.04. The molecule has 0 aliphatic carbocycles. The fourth-order valence-electron chi connectivity index (χ4n) is 2.46. The number of thiazole rings is 1. The van der Waals surface area contributed by atoms with Gasteiger partial charge in [0.15, 0.2) is 0 Å². The Morgan fingerprint density at radius 3 is 2.84 bits per heavy atom. The standard InChI is InChI=1S/C14H23N3OS/c1-5-11-8-15-13(19-11)10(4)17-7-6-12(14(17)18)16-9(2)3/h8-10,12,16H,5-7H2,1-4H3. The number of likely N-dealkylation sites (tertiary alicyclic amines) is 1. The molecule has 1 N–H and O–H groups in total. The highest BCUT2D eigenvalue weighted by Gasteiger charge is 2.35. The van der Waals surface area contributed by atoms with Gasteiger partial charge in [0.25, 0.3) is 0 Å². The van der Waals surface area contributed by atoms with Gasteiger partial charge in [0, 0.05) is 23.7 Å². The maximum Gasteiger partial charge on any atom is 0.240 e. The topological polar surface area (TPSA) is 45.2 Å². The largest absolute Gasteiger partial charge is 0.332 e. The minimum absolute atomic E-state index is 0.0203. The Hall–Kier alpha value is -0.940. The molecule has 4 nitrogen and oxygen atoms in total. The quantitative estimate of drug-likeness (QED) is 0.901. The molecule has 1 aromatic rings. The number of hydrogen-bond donors (Lipinski definition) is 1. The van der Waals surface area contributed by atoms with Crippen molar-refractivity contribution in [2.45, 2.75) is 58.7 Å². The minimum Gasteiger partial charge on any atom is -0.332 e. The number of carbonyl (C=O) groups excluding carboxylic acids is 1. The third kappa shape index (κ3) is 3.15. The Kier molecular flexibility index (Phi) is 4.58. The van der Waals surface area contributed by atoms with Gasteiger partial charge in [-0.3, -0.25) is 4.79 Å². The van der Waals surface area contributed by atoms with Crippen LogP contribution in [-0.4, -0.2) is 34.4 Å². The molecule has 2 unspecified atom stereocenters. The van der Waals surface area contributed by atoms with Crippen molar-refractivity contribution in [1.82, 2.24) is 15.2 Å². The van der Waals surface area contributed by atoms with Crippen molar-refractivity contribution in [3.63, 3.8) is 0 Å². The van der Waals surface area contributed by atoms with Crippen LogP contribution < -0.4 is 5.32 Å². The van der Waals surface area contributed by atoms with Crippen LogP contribution in [0.5, 0.6) is 0 Å². The number of nitrogens with zero attached hydrogens (tertiary/aromatic N) is 2. The van der Waals surface area contributed by atoms with Crippen molar-refractivity contribution >= 4 is 17.2 Å². The van der Waals surface area contributed by atoms with E-state index in [-0.39, 0.29) is 18.0 Å². The summed E-state index contributed by atoms with van der Waals surface area (Å²) >= 11 is 1.72. The van der Waals surface area contributed by atoms with Crippen LogP contribution in [0.2, 0.25) is 0 Å². The zero-order valence-corrected chi connectivity index (χ0v) is 13.0. The van der Waals surface area contributed by atoms with Crippen molar-refractivity contribution in [2.24, 2.45) is 0 Å². The van der Waals surface area contributed by atoms with Gasteiger partial charge >= 0.3 is 0 Å². The summed E-state index contributed by atoms with van der Waals surface area (Å²) in [6.45, 7) is 9.19. The van der Waals surface area contributed by atoms with Crippen molar-refractivity contribution in [1.29, 1.82) is 0 Å². The van der Waals surface area contributed by atoms with E-state index in [2.05, 4.69) is 38.0 Å². The molecule has 5 heteroatoms. The summed E-state index contributed by atoms with van der Waals surface area (Å²) in [7, 11) is 0. The van der Waals surface area contributed by atoms with Crippen LogP contribution in [0, 0.1) is 0 Å². The Bertz CT molecular complexity index is 444. The number of aromatic nitrogens is 1. The predicted octanol–water partition coefficient (Wildman–Crippen LogP) is 2.37. The number of carbonyl (C=O) groups is 1. The molecule has 0 saturated carbocycles. The lowest BCUT2D eigenvalue weighted by molar-refractivity contribution is -0.131. The Morgan fingerprint density at radius 2 is 2.26 bits per heavy atom. The fourth-order valence-corrected chi connectivity index (χ4v) is 3.38. The van der Waals surface area contributed by atoms with Gasteiger partial charge in [0.2, 0.25) is 5.91 Å². The smallest absolute Gasteiger partial charge is 0.240 e. The summed E-state index contributed by atoms with van der Waals surface area (Å²) in [4.78, 5) is 20.1. The highest BCUT2D eigenvalue weighted by molar-refractivity contribution is 7.11. The summed E-state index contributed by atoms with van der Waals surface area (Å²) in [5, 5.41) is 4.39. The van der Waals surface area contributed by atoms with Crippen LogP contribution in [0.25, 0.3) is 0 Å². The van der Waals surface area contributed by atoms with Crippen LogP contribution in [-0.2, 0) is 11.2 Å². The lowest BCUT2D eigenvalue weighted by Gasteiger charge is -2.23. The first kappa shape index (κ1) is 14.5. The van der Waals surface area contributed by atoms with Crippen LogP contribution in [0.15, 0.2) is 6.20 Å². The summed E-state index contributed by atoms with van der Waals surface area (Å²) < 4.78 is 0. The number of rotatable bonds is 5. The molecule has 0 bridgehead atoms. The van der Waals surface area contributed by atoms with Crippen molar-refractivity contribution in [3.05, 3.63) is 16.1 Å². The summed E-state index contributed by atoms with van der Waals surface area (Å²) in [5.74, 6) is 0.217. The molecule has 0 aromatic carbocycles. The van der Waals surface area contributed by atoms with Crippen LogP contribution >= 0.6 is 11.3 Å². The van der Waals surface area contributed by atoms with Crippen molar-refractivity contribution in [3.8, 4) is 0 Å². The van der Waals surface area contributed by atoms with Crippen LogP contribution in [0.1, 0.15) is 50.0 Å². The van der Waals surface area contributed by atoms with E-state index in [0.29, 0.717) is 6.04 Å². The van der Waals surface area contributed by atoms with Gasteiger partial charge in [-0.05, 0) is 19.8 Å². The van der Waals surface area contributed by atoms with E-state index in [4.69, 9.17) is 0 Å². The van der Waals surface area contributed by atoms with E-state index in [9.17, 15) is 4.79 Å². The monoisotopic (exact) mass is 281 g/mol. The number of amides is 1. The molecule has 1 amide bonds. The molecule has 2 atom stereocenters. The molecule has 1 saturated heterocycles. The summed E-state index contributed by atoms with van der Waals surface area (Å²) in [6, 6.07) is 0.417. The number of hydrogen-bond acceptors (Lipinski definition) is 4. The SMILES string of the molecule is CCc1cnc(C(C)N2CCC(NC(C)C)C2=O)s1. The van der Waals surface area contributed by atoms with Gasteiger partial charge < -0.3 is 10.2 Å². The predicted molar refractivity (Wildman–Crippen MR) is 78.3 cm³/mol. The Morgan fingerprint density at radius 1 is 1.53 bits per heavy atom. The molecule has 0 radical (unpaired) electrons. The highest BCUT2D eigenvalue weighted by atomic mass is 32.1. The molecular weight excluding hydrogens is 258 g/mol. The molecule has 106 valence electrons. The second-order valence-corrected chi connectivity index (χ2v) is 6.54. The second kappa shape index (κ2) is 6.01. The Labute approximate surface area is 119 Å². The van der Waals surface area contributed by atoms with Gasteiger partial charge in [-0.15, -0.1) is 11.3 Å². The third-order valence-corrected chi connectivity index (χ3v) is 4.83. The molecule has 1 aliphatic rings. The van der Waals surface area contributed by atoms with E-state index in [1.165, 1.54) is 4.88 Å². The first-order valence-corrected chi connectivity index (χ1v) is 7.85. The molecular formula is C14H23N3OS. The van der Waals surface area contributed by atoms with Gasteiger partial charge in [-0.2, -0.15) is 0 Å². The number of aryl methyl sites for hydroxylation is 1. The second-order valence-electron chi connectivity index (χ2n) is 5.39. The molecule has 1 fully saturated rings.